The van der Waals surface area contributed by atoms with Crippen LogP contribution in [0.1, 0.15) is 39.0 Å². The second kappa shape index (κ2) is 5.13. The number of rotatable bonds is 3. The maximum atomic E-state index is 11.4. The molecule has 0 aromatic heterocycles. The van der Waals surface area contributed by atoms with Gasteiger partial charge in [-0.25, -0.2) is 4.79 Å². The summed E-state index contributed by atoms with van der Waals surface area (Å²) in [5.41, 5.74) is -0.912. The van der Waals surface area contributed by atoms with Crippen molar-refractivity contribution >= 4 is 5.97 Å². The number of esters is 1. The zero-order chi connectivity index (χ0) is 11.3. The van der Waals surface area contributed by atoms with Crippen LogP contribution in [0.25, 0.3) is 0 Å². The Morgan fingerprint density at radius 3 is 2.60 bits per heavy atom. The molecule has 4 nitrogen and oxygen atoms in total. The van der Waals surface area contributed by atoms with E-state index in [1.807, 2.05) is 0 Å². The normalized spacial score (nSPS) is 21.4. The number of ether oxygens (including phenoxy) is 1. The minimum absolute atomic E-state index is 0.234. The molecule has 15 heavy (non-hydrogen) atoms. The fourth-order valence-electron chi connectivity index (χ4n) is 2.08. The summed E-state index contributed by atoms with van der Waals surface area (Å²) in [5, 5.41) is 18.9. The predicted octanol–water partition coefficient (Wildman–Crippen LogP) is 1.38. The fraction of sp³-hybridized carbons (Fsp3) is 0.818. The Morgan fingerprint density at radius 2 is 2.13 bits per heavy atom. The van der Waals surface area contributed by atoms with Crippen molar-refractivity contribution in [3.8, 4) is 6.07 Å². The molecule has 0 aromatic rings. The van der Waals surface area contributed by atoms with Crippen LogP contribution in [0.4, 0.5) is 0 Å². The first-order valence-electron chi connectivity index (χ1n) is 5.42. The van der Waals surface area contributed by atoms with Gasteiger partial charge in [-0.3, -0.25) is 0 Å². The number of nitriles is 1. The lowest BCUT2D eigenvalue weighted by Gasteiger charge is -2.33. The van der Waals surface area contributed by atoms with Gasteiger partial charge in [-0.05, 0) is 19.8 Å². The summed E-state index contributed by atoms with van der Waals surface area (Å²) >= 11 is 0. The lowest BCUT2D eigenvalue weighted by Crippen LogP contribution is -2.42. The van der Waals surface area contributed by atoms with Crippen molar-refractivity contribution in [2.45, 2.75) is 45.1 Å². The number of nitrogens with zero attached hydrogens (tertiary/aromatic N) is 1. The molecular weight excluding hydrogens is 194 g/mol. The zero-order valence-electron chi connectivity index (χ0n) is 9.03. The van der Waals surface area contributed by atoms with E-state index in [9.17, 15) is 9.90 Å². The lowest BCUT2D eigenvalue weighted by molar-refractivity contribution is -0.159. The van der Waals surface area contributed by atoms with Gasteiger partial charge in [0.2, 0.25) is 0 Å². The maximum Gasteiger partial charge on any atom is 0.336 e. The Balaban J connectivity index is 2.72. The highest BCUT2D eigenvalue weighted by atomic mass is 16.5. The molecule has 1 saturated carbocycles. The van der Waals surface area contributed by atoms with E-state index < -0.39 is 17.5 Å². The van der Waals surface area contributed by atoms with Gasteiger partial charge in [-0.1, -0.05) is 19.3 Å². The largest absolute Gasteiger partial charge is 0.464 e. The third-order valence-electron chi connectivity index (χ3n) is 3.00. The summed E-state index contributed by atoms with van der Waals surface area (Å²) in [6, 6.07) is 2.11. The van der Waals surface area contributed by atoms with Crippen LogP contribution in [-0.2, 0) is 9.53 Å². The molecule has 0 heterocycles. The van der Waals surface area contributed by atoms with Gasteiger partial charge in [-0.15, -0.1) is 0 Å². The highest BCUT2D eigenvalue weighted by molar-refractivity contribution is 5.76. The Kier molecular flexibility index (Phi) is 4.10. The number of aliphatic hydroxyl groups excluding tert-OH is 1. The maximum absolute atomic E-state index is 11.4. The van der Waals surface area contributed by atoms with Gasteiger partial charge < -0.3 is 9.84 Å². The lowest BCUT2D eigenvalue weighted by atomic mass is 9.71. The molecule has 84 valence electrons. The van der Waals surface area contributed by atoms with Gasteiger partial charge in [0.25, 0.3) is 0 Å². The standard InChI is InChI=1S/C11H17NO3/c1-2-15-10(14)9(13)11(8-12)6-4-3-5-7-11/h9,13H,2-7H2,1H3. The molecule has 0 aliphatic heterocycles. The summed E-state index contributed by atoms with van der Waals surface area (Å²) < 4.78 is 4.74. The van der Waals surface area contributed by atoms with Crippen molar-refractivity contribution in [3.63, 3.8) is 0 Å². The van der Waals surface area contributed by atoms with Gasteiger partial charge >= 0.3 is 5.97 Å². The highest BCUT2D eigenvalue weighted by Crippen LogP contribution is 2.39. The van der Waals surface area contributed by atoms with Gasteiger partial charge in [0, 0.05) is 0 Å². The van der Waals surface area contributed by atoms with Crippen molar-refractivity contribution in [2.75, 3.05) is 6.61 Å². The molecule has 0 spiro atoms. The number of hydrogen-bond acceptors (Lipinski definition) is 4. The number of aliphatic hydroxyl groups is 1. The molecular formula is C11H17NO3. The van der Waals surface area contributed by atoms with Crippen LogP contribution in [-0.4, -0.2) is 23.8 Å². The Morgan fingerprint density at radius 1 is 1.53 bits per heavy atom. The van der Waals surface area contributed by atoms with Crippen LogP contribution in [0.15, 0.2) is 0 Å². The molecule has 1 aliphatic carbocycles. The van der Waals surface area contributed by atoms with E-state index in [1.165, 1.54) is 0 Å². The van der Waals surface area contributed by atoms with Crippen LogP contribution in [0.2, 0.25) is 0 Å². The van der Waals surface area contributed by atoms with Crippen LogP contribution < -0.4 is 0 Å². The molecule has 0 amide bonds. The fourth-order valence-corrected chi connectivity index (χ4v) is 2.08. The van der Waals surface area contributed by atoms with E-state index in [0.717, 1.165) is 19.3 Å². The SMILES string of the molecule is CCOC(=O)C(O)C1(C#N)CCCCC1. The van der Waals surface area contributed by atoms with Crippen LogP contribution in [0.3, 0.4) is 0 Å². The van der Waals surface area contributed by atoms with E-state index in [4.69, 9.17) is 10.00 Å². The summed E-state index contributed by atoms with van der Waals surface area (Å²) in [4.78, 5) is 11.4. The van der Waals surface area contributed by atoms with Crippen LogP contribution in [0, 0.1) is 16.7 Å². The van der Waals surface area contributed by atoms with Crippen LogP contribution >= 0.6 is 0 Å². The Labute approximate surface area is 89.8 Å². The van der Waals surface area contributed by atoms with Crippen molar-refractivity contribution in [2.24, 2.45) is 5.41 Å². The summed E-state index contributed by atoms with van der Waals surface area (Å²) in [5.74, 6) is -0.666. The molecule has 1 atom stereocenters. The Bertz CT molecular complexity index is 263. The van der Waals surface area contributed by atoms with E-state index in [2.05, 4.69) is 6.07 Å². The predicted molar refractivity (Wildman–Crippen MR) is 53.8 cm³/mol. The first kappa shape index (κ1) is 12.0. The number of carbonyl (C=O) groups excluding carboxylic acids is 1. The van der Waals surface area contributed by atoms with E-state index >= 15 is 0 Å². The molecule has 1 rings (SSSR count). The van der Waals surface area contributed by atoms with Crippen molar-refractivity contribution in [1.29, 1.82) is 5.26 Å². The van der Waals surface area contributed by atoms with E-state index in [-0.39, 0.29) is 6.61 Å². The van der Waals surface area contributed by atoms with Crippen molar-refractivity contribution < 1.29 is 14.6 Å². The smallest absolute Gasteiger partial charge is 0.336 e. The van der Waals surface area contributed by atoms with Crippen molar-refractivity contribution in [3.05, 3.63) is 0 Å². The average Bonchev–Trinajstić information content (AvgIpc) is 2.29. The molecule has 0 radical (unpaired) electrons. The second-order valence-electron chi connectivity index (χ2n) is 3.98. The third-order valence-corrected chi connectivity index (χ3v) is 3.00. The van der Waals surface area contributed by atoms with Gasteiger partial charge in [0.1, 0.15) is 0 Å². The van der Waals surface area contributed by atoms with E-state index in [1.54, 1.807) is 6.92 Å². The minimum atomic E-state index is -1.29. The first-order chi connectivity index (χ1) is 7.16. The van der Waals surface area contributed by atoms with Crippen LogP contribution in [0.5, 0.6) is 0 Å². The summed E-state index contributed by atoms with van der Waals surface area (Å²) in [7, 11) is 0. The van der Waals surface area contributed by atoms with Gasteiger partial charge in [0.05, 0.1) is 18.1 Å². The molecule has 1 unspecified atom stereocenters. The highest BCUT2D eigenvalue weighted by Gasteiger charge is 2.44. The molecule has 4 heteroatoms. The van der Waals surface area contributed by atoms with E-state index in [0.29, 0.717) is 12.8 Å². The topological polar surface area (TPSA) is 70.3 Å². The quantitative estimate of drug-likeness (QED) is 0.716. The summed E-state index contributed by atoms with van der Waals surface area (Å²) in [6.45, 7) is 1.92. The molecule has 0 aromatic carbocycles. The zero-order valence-corrected chi connectivity index (χ0v) is 9.03. The molecule has 1 aliphatic rings. The van der Waals surface area contributed by atoms with Crippen molar-refractivity contribution in [1.82, 2.24) is 0 Å². The minimum Gasteiger partial charge on any atom is -0.464 e. The molecule has 1 N–H and O–H groups in total. The molecule has 1 fully saturated rings. The Hall–Kier alpha value is -1.08. The average molecular weight is 211 g/mol. The first-order valence-corrected chi connectivity index (χ1v) is 5.42. The van der Waals surface area contributed by atoms with Gasteiger partial charge in [-0.2, -0.15) is 5.26 Å². The molecule has 0 bridgehead atoms. The summed E-state index contributed by atoms with van der Waals surface area (Å²) in [6.07, 6.45) is 2.74. The van der Waals surface area contributed by atoms with Gasteiger partial charge in [0.15, 0.2) is 6.10 Å². The number of carbonyl (C=O) groups is 1. The third kappa shape index (κ3) is 2.48. The molecule has 0 saturated heterocycles. The second-order valence-corrected chi connectivity index (χ2v) is 3.98. The monoisotopic (exact) mass is 211 g/mol. The number of hydrogen-bond donors (Lipinski definition) is 1.